The Kier molecular flexibility index (Phi) is 8.08. The van der Waals surface area contributed by atoms with Crippen molar-refractivity contribution in [1.82, 2.24) is 15.1 Å². The van der Waals surface area contributed by atoms with Crippen LogP contribution in [0.25, 0.3) is 0 Å². The summed E-state index contributed by atoms with van der Waals surface area (Å²) in [7, 11) is 0. The number of thioether (sulfide) groups is 1. The van der Waals surface area contributed by atoms with Gasteiger partial charge in [0.25, 0.3) is 0 Å². The highest BCUT2D eigenvalue weighted by Gasteiger charge is 2.22. The highest BCUT2D eigenvalue weighted by Crippen LogP contribution is 2.18. The van der Waals surface area contributed by atoms with Gasteiger partial charge in [0, 0.05) is 18.7 Å². The minimum Gasteiger partial charge on any atom is -0.492 e. The molecule has 6 nitrogen and oxygen atoms in total. The number of hydrogen-bond donors (Lipinski definition) is 1. The maximum absolute atomic E-state index is 12.0. The molecule has 1 aromatic carbocycles. The van der Waals surface area contributed by atoms with E-state index in [0.29, 0.717) is 24.8 Å². The lowest BCUT2D eigenvalue weighted by Gasteiger charge is -2.19. The van der Waals surface area contributed by atoms with Gasteiger partial charge in [0.05, 0.1) is 11.6 Å². The second kappa shape index (κ2) is 10.3. The van der Waals surface area contributed by atoms with Crippen molar-refractivity contribution in [3.63, 3.8) is 0 Å². The summed E-state index contributed by atoms with van der Waals surface area (Å²) in [6, 6.07) is 7.73. The average Bonchev–Trinajstić information content (AvgIpc) is 3.02. The SMILES string of the molecule is CCN(CC)CCOc1ccccc1CNC(=O)CN1CSCC1=O. The molecule has 2 amide bonds. The van der Waals surface area contributed by atoms with Crippen LogP contribution in [0.4, 0.5) is 0 Å². The number of ether oxygens (including phenoxy) is 1. The number of nitrogens with one attached hydrogen (secondary N) is 1. The number of para-hydroxylation sites is 1. The molecular formula is C18H27N3O3S. The standard InChI is InChI=1S/C18H27N3O3S/c1-3-20(4-2)9-10-24-16-8-6-5-7-15(16)11-19-17(22)12-21-14-25-13-18(21)23/h5-8H,3-4,9-14H2,1-2H3,(H,19,22). The van der Waals surface area contributed by atoms with Crippen LogP contribution < -0.4 is 10.1 Å². The Bertz CT molecular complexity index is 578. The van der Waals surface area contributed by atoms with Crippen LogP contribution in [0.2, 0.25) is 0 Å². The maximum Gasteiger partial charge on any atom is 0.239 e. The summed E-state index contributed by atoms with van der Waals surface area (Å²) in [5.41, 5.74) is 0.942. The average molecular weight is 365 g/mol. The van der Waals surface area contributed by atoms with E-state index in [0.717, 1.165) is 30.9 Å². The first kappa shape index (κ1) is 19.6. The highest BCUT2D eigenvalue weighted by atomic mass is 32.2. The smallest absolute Gasteiger partial charge is 0.239 e. The van der Waals surface area contributed by atoms with Crippen molar-refractivity contribution >= 4 is 23.6 Å². The van der Waals surface area contributed by atoms with Crippen LogP contribution in [0.1, 0.15) is 19.4 Å². The van der Waals surface area contributed by atoms with Gasteiger partial charge in [-0.3, -0.25) is 9.59 Å². The summed E-state index contributed by atoms with van der Waals surface area (Å²) in [6.45, 7) is 8.30. The van der Waals surface area contributed by atoms with E-state index in [-0.39, 0.29) is 18.4 Å². The first-order chi connectivity index (χ1) is 12.1. The van der Waals surface area contributed by atoms with Crippen LogP contribution in [-0.2, 0) is 16.1 Å². The van der Waals surface area contributed by atoms with E-state index in [4.69, 9.17) is 4.74 Å². The third kappa shape index (κ3) is 6.25. The van der Waals surface area contributed by atoms with Gasteiger partial charge in [0.2, 0.25) is 11.8 Å². The summed E-state index contributed by atoms with van der Waals surface area (Å²) >= 11 is 1.54. The first-order valence-corrected chi connectivity index (χ1v) is 9.84. The van der Waals surface area contributed by atoms with E-state index in [2.05, 4.69) is 24.1 Å². The normalized spacial score (nSPS) is 14.2. The lowest BCUT2D eigenvalue weighted by Crippen LogP contribution is -2.37. The molecule has 0 radical (unpaired) electrons. The zero-order valence-corrected chi connectivity index (χ0v) is 15.8. The monoisotopic (exact) mass is 365 g/mol. The van der Waals surface area contributed by atoms with E-state index >= 15 is 0 Å². The molecule has 7 heteroatoms. The lowest BCUT2D eigenvalue weighted by atomic mass is 10.2. The van der Waals surface area contributed by atoms with E-state index in [1.54, 1.807) is 4.90 Å². The van der Waals surface area contributed by atoms with Crippen LogP contribution in [0.5, 0.6) is 5.75 Å². The molecule has 0 aliphatic carbocycles. The molecule has 2 rings (SSSR count). The van der Waals surface area contributed by atoms with E-state index < -0.39 is 0 Å². The van der Waals surface area contributed by atoms with Crippen LogP contribution in [0.15, 0.2) is 24.3 Å². The van der Waals surface area contributed by atoms with Crippen LogP contribution in [0.3, 0.4) is 0 Å². The number of amides is 2. The summed E-state index contributed by atoms with van der Waals surface area (Å²) in [5, 5.41) is 2.88. The van der Waals surface area contributed by atoms with Gasteiger partial charge >= 0.3 is 0 Å². The Morgan fingerprint density at radius 2 is 2.08 bits per heavy atom. The maximum atomic E-state index is 12.0. The van der Waals surface area contributed by atoms with Crippen molar-refractivity contribution in [1.29, 1.82) is 0 Å². The largest absolute Gasteiger partial charge is 0.492 e. The number of carbonyl (C=O) groups is 2. The molecule has 1 heterocycles. The molecule has 1 aromatic rings. The molecule has 1 saturated heterocycles. The summed E-state index contributed by atoms with van der Waals surface area (Å²) in [4.78, 5) is 27.5. The molecule has 138 valence electrons. The molecule has 0 spiro atoms. The molecule has 0 atom stereocenters. The summed E-state index contributed by atoms with van der Waals surface area (Å²) < 4.78 is 5.89. The van der Waals surface area contributed by atoms with E-state index in [9.17, 15) is 9.59 Å². The Morgan fingerprint density at radius 3 is 2.76 bits per heavy atom. The van der Waals surface area contributed by atoms with Gasteiger partial charge in [0.15, 0.2) is 0 Å². The van der Waals surface area contributed by atoms with Crippen molar-refractivity contribution in [3.8, 4) is 5.75 Å². The molecule has 0 unspecified atom stereocenters. The Balaban J connectivity index is 1.81. The number of nitrogens with zero attached hydrogens (tertiary/aromatic N) is 2. The number of carbonyl (C=O) groups excluding carboxylic acids is 2. The topological polar surface area (TPSA) is 61.9 Å². The predicted octanol–water partition coefficient (Wildman–Crippen LogP) is 1.56. The Morgan fingerprint density at radius 1 is 1.32 bits per heavy atom. The van der Waals surface area contributed by atoms with Gasteiger partial charge in [0.1, 0.15) is 18.9 Å². The van der Waals surface area contributed by atoms with Crippen molar-refractivity contribution in [2.24, 2.45) is 0 Å². The molecule has 1 N–H and O–H groups in total. The molecular weight excluding hydrogens is 338 g/mol. The lowest BCUT2D eigenvalue weighted by molar-refractivity contribution is -0.132. The minimum absolute atomic E-state index is 0.0280. The van der Waals surface area contributed by atoms with Gasteiger partial charge in [-0.05, 0) is 19.2 Å². The molecule has 0 bridgehead atoms. The minimum atomic E-state index is -0.145. The fraction of sp³-hybridized carbons (Fsp3) is 0.556. The predicted molar refractivity (Wildman–Crippen MR) is 101 cm³/mol. The first-order valence-electron chi connectivity index (χ1n) is 8.69. The van der Waals surface area contributed by atoms with Gasteiger partial charge in [-0.2, -0.15) is 0 Å². The van der Waals surface area contributed by atoms with Crippen LogP contribution in [-0.4, -0.2) is 66.0 Å². The Labute approximate surface area is 153 Å². The molecule has 1 aliphatic rings. The highest BCUT2D eigenvalue weighted by molar-refractivity contribution is 8.00. The second-order valence-corrected chi connectivity index (χ2v) is 6.78. The fourth-order valence-corrected chi connectivity index (χ4v) is 3.48. The third-order valence-corrected chi connectivity index (χ3v) is 5.11. The van der Waals surface area contributed by atoms with E-state index in [1.165, 1.54) is 11.8 Å². The van der Waals surface area contributed by atoms with Crippen molar-refractivity contribution in [3.05, 3.63) is 29.8 Å². The van der Waals surface area contributed by atoms with Crippen LogP contribution >= 0.6 is 11.8 Å². The van der Waals surface area contributed by atoms with E-state index in [1.807, 2.05) is 24.3 Å². The number of hydrogen-bond acceptors (Lipinski definition) is 5. The number of rotatable bonds is 10. The fourth-order valence-electron chi connectivity index (χ4n) is 2.58. The van der Waals surface area contributed by atoms with Gasteiger partial charge in [-0.25, -0.2) is 0 Å². The van der Waals surface area contributed by atoms with Gasteiger partial charge in [-0.1, -0.05) is 32.0 Å². The second-order valence-electron chi connectivity index (χ2n) is 5.83. The van der Waals surface area contributed by atoms with Gasteiger partial charge < -0.3 is 19.9 Å². The summed E-state index contributed by atoms with van der Waals surface area (Å²) in [5.74, 6) is 1.74. The van der Waals surface area contributed by atoms with Crippen molar-refractivity contribution in [2.75, 3.05) is 44.4 Å². The quantitative estimate of drug-likeness (QED) is 0.682. The zero-order chi connectivity index (χ0) is 18.1. The molecule has 1 fully saturated rings. The number of benzene rings is 1. The number of likely N-dealkylation sites (N-methyl/N-ethyl adjacent to an activating group) is 1. The third-order valence-electron chi connectivity index (χ3n) is 4.17. The summed E-state index contributed by atoms with van der Waals surface area (Å²) in [6.07, 6.45) is 0. The van der Waals surface area contributed by atoms with Gasteiger partial charge in [-0.15, -0.1) is 11.8 Å². The van der Waals surface area contributed by atoms with Crippen molar-refractivity contribution in [2.45, 2.75) is 20.4 Å². The van der Waals surface area contributed by atoms with Crippen molar-refractivity contribution < 1.29 is 14.3 Å². The van der Waals surface area contributed by atoms with Crippen LogP contribution in [0, 0.1) is 0 Å². The zero-order valence-electron chi connectivity index (χ0n) is 15.0. The Hall–Kier alpha value is -1.73. The molecule has 1 aliphatic heterocycles. The molecule has 0 aromatic heterocycles. The molecule has 0 saturated carbocycles. The molecule has 25 heavy (non-hydrogen) atoms.